The van der Waals surface area contributed by atoms with Gasteiger partial charge < -0.3 is 5.32 Å². The van der Waals surface area contributed by atoms with Crippen LogP contribution in [-0.4, -0.2) is 12.8 Å². The first kappa shape index (κ1) is 14.8. The Balaban J connectivity index is 2.01. The molecule has 0 aliphatic carbocycles. The maximum Gasteiger partial charge on any atom is 0.102 e. The summed E-state index contributed by atoms with van der Waals surface area (Å²) in [5.41, 5.74) is 2.84. The molecule has 0 unspecified atom stereocenters. The summed E-state index contributed by atoms with van der Waals surface area (Å²) in [5, 5.41) is 13.3. The summed E-state index contributed by atoms with van der Waals surface area (Å²) >= 11 is 7.45. The Bertz CT molecular complexity index is 617. The molecule has 0 fully saturated rings. The van der Waals surface area contributed by atoms with E-state index in [9.17, 15) is 5.26 Å². The van der Waals surface area contributed by atoms with Crippen molar-refractivity contribution in [2.75, 3.05) is 18.1 Å². The van der Waals surface area contributed by atoms with Crippen molar-refractivity contribution in [2.45, 2.75) is 11.3 Å². The first-order valence-corrected chi connectivity index (χ1v) is 7.90. The first-order chi connectivity index (χ1) is 9.74. The monoisotopic (exact) mass is 302 g/mol. The number of thioether (sulfide) groups is 1. The number of benzene rings is 2. The fourth-order valence-corrected chi connectivity index (χ4v) is 2.66. The average molecular weight is 303 g/mol. The summed E-state index contributed by atoms with van der Waals surface area (Å²) in [6, 6.07) is 16.0. The minimum atomic E-state index is 0.719. The molecule has 20 heavy (non-hydrogen) atoms. The molecule has 102 valence electrons. The molecule has 2 rings (SSSR count). The molecule has 0 radical (unpaired) electrons. The van der Waals surface area contributed by atoms with Crippen LogP contribution in [0.25, 0.3) is 0 Å². The van der Waals surface area contributed by atoms with Gasteiger partial charge in [0.2, 0.25) is 0 Å². The topological polar surface area (TPSA) is 35.8 Å². The van der Waals surface area contributed by atoms with Gasteiger partial charge in [0.05, 0.1) is 11.3 Å². The molecule has 0 spiro atoms. The number of hydrogen-bond donors (Lipinski definition) is 1. The molecule has 0 saturated heterocycles. The lowest BCUT2D eigenvalue weighted by atomic mass is 10.1. The van der Waals surface area contributed by atoms with E-state index < -0.39 is 0 Å². The van der Waals surface area contributed by atoms with Crippen LogP contribution in [0.4, 0.5) is 5.69 Å². The Morgan fingerprint density at radius 3 is 2.60 bits per heavy atom. The normalized spacial score (nSPS) is 10.1. The Morgan fingerprint density at radius 2 is 1.95 bits per heavy atom. The largest absolute Gasteiger partial charge is 0.384 e. The molecule has 0 saturated carbocycles. The molecule has 2 aromatic rings. The van der Waals surface area contributed by atoms with Crippen LogP contribution in [0, 0.1) is 11.3 Å². The van der Waals surface area contributed by atoms with Gasteiger partial charge in [0.25, 0.3) is 0 Å². The summed E-state index contributed by atoms with van der Waals surface area (Å²) < 4.78 is 0. The van der Waals surface area contributed by atoms with Crippen LogP contribution in [0.1, 0.15) is 11.1 Å². The zero-order valence-electron chi connectivity index (χ0n) is 11.2. The molecule has 0 aromatic heterocycles. The van der Waals surface area contributed by atoms with Crippen molar-refractivity contribution >= 4 is 29.1 Å². The van der Waals surface area contributed by atoms with E-state index in [4.69, 9.17) is 11.6 Å². The predicted octanol–water partition coefficient (Wildman–Crippen LogP) is 4.59. The molecule has 2 aromatic carbocycles. The molecular formula is C16H15ClN2S. The van der Waals surface area contributed by atoms with Gasteiger partial charge in [-0.2, -0.15) is 5.26 Å². The highest BCUT2D eigenvalue weighted by atomic mass is 35.5. The van der Waals surface area contributed by atoms with E-state index in [0.29, 0.717) is 0 Å². The molecule has 2 nitrogen and oxygen atoms in total. The van der Waals surface area contributed by atoms with Crippen LogP contribution >= 0.6 is 23.4 Å². The van der Waals surface area contributed by atoms with Gasteiger partial charge in [0.15, 0.2) is 0 Å². The number of nitriles is 1. The van der Waals surface area contributed by atoms with E-state index >= 15 is 0 Å². The van der Waals surface area contributed by atoms with Gasteiger partial charge in [-0.1, -0.05) is 29.8 Å². The smallest absolute Gasteiger partial charge is 0.102 e. The summed E-state index contributed by atoms with van der Waals surface area (Å²) in [6.45, 7) is 0.786. The lowest BCUT2D eigenvalue weighted by Crippen LogP contribution is -2.06. The van der Waals surface area contributed by atoms with E-state index in [2.05, 4.69) is 11.4 Å². The van der Waals surface area contributed by atoms with Crippen LogP contribution in [0.5, 0.6) is 0 Å². The van der Waals surface area contributed by atoms with Gasteiger partial charge in [-0.3, -0.25) is 0 Å². The highest BCUT2D eigenvalue weighted by molar-refractivity contribution is 7.98. The van der Waals surface area contributed by atoms with Crippen molar-refractivity contribution in [3.63, 3.8) is 0 Å². The van der Waals surface area contributed by atoms with Gasteiger partial charge in [-0.05, 0) is 42.5 Å². The van der Waals surface area contributed by atoms with Crippen LogP contribution in [0.2, 0.25) is 5.02 Å². The average Bonchev–Trinajstić information content (AvgIpc) is 2.49. The van der Waals surface area contributed by atoms with Gasteiger partial charge in [0.1, 0.15) is 6.07 Å². The number of halogens is 1. The van der Waals surface area contributed by atoms with Crippen molar-refractivity contribution in [3.8, 4) is 6.07 Å². The van der Waals surface area contributed by atoms with Crippen molar-refractivity contribution in [2.24, 2.45) is 0 Å². The standard InChI is InChI=1S/C16H15ClN2S/c1-20-16-4-2-3-15(14(16)11-18)19-10-9-12-5-7-13(17)8-6-12/h2-8,19H,9-10H2,1H3. The summed E-state index contributed by atoms with van der Waals surface area (Å²) in [4.78, 5) is 1.00. The SMILES string of the molecule is CSc1cccc(NCCc2ccc(Cl)cc2)c1C#N. The van der Waals surface area contributed by atoms with E-state index in [1.54, 1.807) is 11.8 Å². The molecule has 0 heterocycles. The fourth-order valence-electron chi connectivity index (χ4n) is 1.96. The number of anilines is 1. The van der Waals surface area contributed by atoms with Crippen LogP contribution in [0.3, 0.4) is 0 Å². The zero-order valence-corrected chi connectivity index (χ0v) is 12.8. The minimum absolute atomic E-state index is 0.719. The van der Waals surface area contributed by atoms with Gasteiger partial charge in [-0.25, -0.2) is 0 Å². The maximum absolute atomic E-state index is 9.26. The number of nitrogens with zero attached hydrogens (tertiary/aromatic N) is 1. The van der Waals surface area contributed by atoms with Crippen molar-refractivity contribution in [1.29, 1.82) is 5.26 Å². The molecule has 4 heteroatoms. The third-order valence-corrected chi connectivity index (χ3v) is 4.03. The third-order valence-electron chi connectivity index (χ3n) is 3.00. The number of rotatable bonds is 5. The van der Waals surface area contributed by atoms with Gasteiger partial charge in [-0.15, -0.1) is 11.8 Å². The Kier molecular flexibility index (Phi) is 5.34. The minimum Gasteiger partial charge on any atom is -0.384 e. The quantitative estimate of drug-likeness (QED) is 0.821. The Labute approximate surface area is 128 Å². The zero-order chi connectivity index (χ0) is 14.4. The first-order valence-electron chi connectivity index (χ1n) is 6.30. The van der Waals surface area contributed by atoms with E-state index in [-0.39, 0.29) is 0 Å². The molecule has 0 aliphatic rings. The highest BCUT2D eigenvalue weighted by Gasteiger charge is 2.06. The molecule has 0 amide bonds. The van der Waals surface area contributed by atoms with E-state index in [1.807, 2.05) is 48.7 Å². The van der Waals surface area contributed by atoms with Crippen molar-refractivity contribution < 1.29 is 0 Å². The second-order valence-electron chi connectivity index (χ2n) is 4.30. The van der Waals surface area contributed by atoms with Crippen LogP contribution < -0.4 is 5.32 Å². The molecule has 0 bridgehead atoms. The lowest BCUT2D eigenvalue weighted by molar-refractivity contribution is 1.02. The maximum atomic E-state index is 9.26. The van der Waals surface area contributed by atoms with Gasteiger partial charge in [0, 0.05) is 16.5 Å². The number of nitrogens with one attached hydrogen (secondary N) is 1. The molecule has 0 atom stereocenters. The summed E-state index contributed by atoms with van der Waals surface area (Å²) in [7, 11) is 0. The Hall–Kier alpha value is -1.63. The summed E-state index contributed by atoms with van der Waals surface area (Å²) in [5.74, 6) is 0. The number of hydrogen-bond acceptors (Lipinski definition) is 3. The second-order valence-corrected chi connectivity index (χ2v) is 5.58. The fraction of sp³-hybridized carbons (Fsp3) is 0.188. The molecule has 0 aliphatic heterocycles. The highest BCUT2D eigenvalue weighted by Crippen LogP contribution is 2.26. The Morgan fingerprint density at radius 1 is 1.20 bits per heavy atom. The molecule has 1 N–H and O–H groups in total. The second kappa shape index (κ2) is 7.23. The van der Waals surface area contributed by atoms with Crippen molar-refractivity contribution in [3.05, 3.63) is 58.6 Å². The predicted molar refractivity (Wildman–Crippen MR) is 86.6 cm³/mol. The van der Waals surface area contributed by atoms with Crippen LogP contribution in [0.15, 0.2) is 47.4 Å². The third kappa shape index (κ3) is 3.69. The van der Waals surface area contributed by atoms with Crippen LogP contribution in [-0.2, 0) is 6.42 Å². The van der Waals surface area contributed by atoms with E-state index in [1.165, 1.54) is 5.56 Å². The van der Waals surface area contributed by atoms with Gasteiger partial charge >= 0.3 is 0 Å². The van der Waals surface area contributed by atoms with E-state index in [0.717, 1.165) is 34.1 Å². The summed E-state index contributed by atoms with van der Waals surface area (Å²) in [6.07, 6.45) is 2.87. The lowest BCUT2D eigenvalue weighted by Gasteiger charge is -2.10. The van der Waals surface area contributed by atoms with Crippen molar-refractivity contribution in [1.82, 2.24) is 0 Å². The molecular weight excluding hydrogens is 288 g/mol.